The van der Waals surface area contributed by atoms with E-state index in [9.17, 15) is 14.9 Å². The molecule has 0 N–H and O–H groups in total. The molecule has 17 heteroatoms. The number of imide groups is 1. The van der Waals surface area contributed by atoms with Crippen LogP contribution in [0.25, 0.3) is 11.4 Å². The highest BCUT2D eigenvalue weighted by Gasteiger charge is 2.52. The van der Waals surface area contributed by atoms with Crippen molar-refractivity contribution in [3.8, 4) is 17.5 Å². The van der Waals surface area contributed by atoms with E-state index in [-0.39, 0.29) is 11.7 Å². The predicted molar refractivity (Wildman–Crippen MR) is 189 cm³/mol. The minimum atomic E-state index is -0.925. The molecule has 6 atom stereocenters. The van der Waals surface area contributed by atoms with Crippen molar-refractivity contribution in [2.45, 2.75) is 93.7 Å². The van der Waals surface area contributed by atoms with Gasteiger partial charge in [0.25, 0.3) is 0 Å². The normalized spacial score (nSPS) is 23.3. The second kappa shape index (κ2) is 15.3. The third kappa shape index (κ3) is 8.60. The standard InChI is InChI=1S/C35H39N7O8S2/c1-34(2,3)49-32(43)42(33(44)50-35(4,5)6)31-38-24(19-51-31)23-17-41(40-39-23)26-27-25(18-46-29(48-27)21-11-9-8-10-12-21)47-30(28(26)45-7)52-22-13-20(14-36)15-37-16-22/h8-13,15-17,19,25-30H,18H2,1-7H3/t25?,26?,27-,28-,29?,30+/m0/s1. The molecule has 52 heavy (non-hydrogen) atoms. The molecule has 0 saturated carbocycles. The average molecular weight is 750 g/mol. The second-order valence-electron chi connectivity index (χ2n) is 13.9. The van der Waals surface area contributed by atoms with Crippen molar-refractivity contribution in [2.24, 2.45) is 0 Å². The summed E-state index contributed by atoms with van der Waals surface area (Å²) in [4.78, 5) is 36.8. The molecule has 0 aliphatic carbocycles. The van der Waals surface area contributed by atoms with Crippen LogP contribution in [0.3, 0.4) is 0 Å². The highest BCUT2D eigenvalue weighted by molar-refractivity contribution is 7.99. The Labute approximate surface area is 309 Å². The number of thioether (sulfide) groups is 1. The molecule has 5 heterocycles. The van der Waals surface area contributed by atoms with Gasteiger partial charge in [0, 0.05) is 35.3 Å². The van der Waals surface area contributed by atoms with Crippen molar-refractivity contribution in [1.29, 1.82) is 5.26 Å². The van der Waals surface area contributed by atoms with Gasteiger partial charge in [-0.2, -0.15) is 10.2 Å². The minimum Gasteiger partial charge on any atom is -0.443 e. The quantitative estimate of drug-likeness (QED) is 0.199. The number of pyridine rings is 1. The van der Waals surface area contributed by atoms with E-state index in [1.807, 2.05) is 30.3 Å². The summed E-state index contributed by atoms with van der Waals surface area (Å²) in [5, 5.41) is 20.1. The van der Waals surface area contributed by atoms with E-state index in [2.05, 4.69) is 26.3 Å². The Morgan fingerprint density at radius 1 is 1.04 bits per heavy atom. The number of fused-ring (bicyclic) bond motifs is 1. The fourth-order valence-corrected chi connectivity index (χ4v) is 7.53. The van der Waals surface area contributed by atoms with Gasteiger partial charge in [-0.15, -0.1) is 16.4 Å². The number of benzene rings is 1. The number of nitrogens with zero attached hydrogens (tertiary/aromatic N) is 7. The zero-order chi connectivity index (χ0) is 37.2. The molecule has 2 aliphatic rings. The highest BCUT2D eigenvalue weighted by atomic mass is 32.2. The third-order valence-corrected chi connectivity index (χ3v) is 9.59. The zero-order valence-electron chi connectivity index (χ0n) is 29.7. The van der Waals surface area contributed by atoms with Crippen molar-refractivity contribution in [3.05, 3.63) is 71.5 Å². The summed E-state index contributed by atoms with van der Waals surface area (Å²) < 4.78 is 38.1. The number of hydrogen-bond donors (Lipinski definition) is 0. The Kier molecular flexibility index (Phi) is 11.0. The Balaban J connectivity index is 1.33. The number of carbonyl (C=O) groups excluding carboxylic acids is 2. The lowest BCUT2D eigenvalue weighted by atomic mass is 9.95. The number of thiazole rings is 1. The van der Waals surface area contributed by atoms with E-state index < -0.39 is 59.5 Å². The van der Waals surface area contributed by atoms with Crippen LogP contribution in [-0.4, -0.2) is 85.8 Å². The van der Waals surface area contributed by atoms with E-state index in [1.54, 1.807) is 77.2 Å². The monoisotopic (exact) mass is 749 g/mol. The third-order valence-electron chi connectivity index (χ3n) is 7.66. The molecule has 274 valence electrons. The smallest absolute Gasteiger partial charge is 0.426 e. The Morgan fingerprint density at radius 3 is 2.40 bits per heavy atom. The molecule has 3 unspecified atom stereocenters. The molecule has 0 spiro atoms. The van der Waals surface area contributed by atoms with Crippen LogP contribution < -0.4 is 4.90 Å². The molecule has 2 fully saturated rings. The van der Waals surface area contributed by atoms with E-state index in [1.165, 1.54) is 18.0 Å². The first-order chi connectivity index (χ1) is 24.7. The van der Waals surface area contributed by atoms with Gasteiger partial charge in [0.05, 0.1) is 18.4 Å². The number of hydrogen-bond acceptors (Lipinski definition) is 15. The SMILES string of the molecule is CO[C@H]1C(n2cc(-c3csc(N(C(=O)OC(C)(C)C)C(=O)OC(C)(C)C)n3)nn2)[C@H]2OC(c3ccccc3)OCC2O[C@@H]1Sc1cncc(C#N)c1. The predicted octanol–water partition coefficient (Wildman–Crippen LogP) is 6.53. The number of nitriles is 1. The summed E-state index contributed by atoms with van der Waals surface area (Å²) in [6.07, 6.45) is 0.621. The molecular weight excluding hydrogens is 711 g/mol. The summed E-state index contributed by atoms with van der Waals surface area (Å²) in [6.45, 7) is 10.4. The largest absolute Gasteiger partial charge is 0.443 e. The maximum Gasteiger partial charge on any atom is 0.426 e. The lowest BCUT2D eigenvalue weighted by molar-refractivity contribution is -0.308. The van der Waals surface area contributed by atoms with Crippen molar-refractivity contribution in [1.82, 2.24) is 25.0 Å². The van der Waals surface area contributed by atoms with Crippen molar-refractivity contribution < 1.29 is 38.0 Å². The van der Waals surface area contributed by atoms with Gasteiger partial charge in [-0.1, -0.05) is 47.3 Å². The Morgan fingerprint density at radius 2 is 1.75 bits per heavy atom. The van der Waals surface area contributed by atoms with Crippen LogP contribution in [-0.2, 0) is 28.4 Å². The van der Waals surface area contributed by atoms with Gasteiger partial charge in [-0.05, 0) is 47.6 Å². The molecule has 15 nitrogen and oxygen atoms in total. The van der Waals surface area contributed by atoms with E-state index in [0.717, 1.165) is 26.7 Å². The minimum absolute atomic E-state index is 0.0390. The number of carbonyl (C=O) groups is 2. The van der Waals surface area contributed by atoms with Gasteiger partial charge in [-0.25, -0.2) is 19.3 Å². The lowest BCUT2D eigenvalue weighted by Crippen LogP contribution is -2.59. The first-order valence-electron chi connectivity index (χ1n) is 16.4. The number of amides is 2. The van der Waals surface area contributed by atoms with Crippen LogP contribution >= 0.6 is 23.1 Å². The molecule has 4 aromatic rings. The Bertz CT molecular complexity index is 1890. The zero-order valence-corrected chi connectivity index (χ0v) is 31.3. The lowest BCUT2D eigenvalue weighted by Gasteiger charge is -2.48. The topological polar surface area (TPSA) is 173 Å². The second-order valence-corrected chi connectivity index (χ2v) is 16.0. The van der Waals surface area contributed by atoms with Crippen LogP contribution in [0.5, 0.6) is 0 Å². The summed E-state index contributed by atoms with van der Waals surface area (Å²) in [5.74, 6) is 0. The van der Waals surface area contributed by atoms with Crippen LogP contribution in [0.2, 0.25) is 0 Å². The number of rotatable bonds is 7. The van der Waals surface area contributed by atoms with Gasteiger partial charge >= 0.3 is 12.2 Å². The Hall–Kier alpha value is -4.44. The molecule has 2 amide bonds. The van der Waals surface area contributed by atoms with Gasteiger partial charge in [0.15, 0.2) is 6.29 Å². The number of aromatic nitrogens is 5. The van der Waals surface area contributed by atoms with Gasteiger partial charge in [0.2, 0.25) is 5.13 Å². The first-order valence-corrected chi connectivity index (χ1v) is 18.1. The fourth-order valence-electron chi connectivity index (χ4n) is 5.54. The summed E-state index contributed by atoms with van der Waals surface area (Å²) in [5.41, 5.74) is -0.343. The maximum atomic E-state index is 13.2. The van der Waals surface area contributed by atoms with Gasteiger partial charge in [0.1, 0.15) is 58.4 Å². The molecule has 3 aromatic heterocycles. The molecule has 1 aromatic carbocycles. The molecule has 0 radical (unpaired) electrons. The number of ether oxygens (including phenoxy) is 6. The van der Waals surface area contributed by atoms with Crippen LogP contribution in [0, 0.1) is 11.3 Å². The van der Waals surface area contributed by atoms with E-state index >= 15 is 0 Å². The highest BCUT2D eigenvalue weighted by Crippen LogP contribution is 2.44. The summed E-state index contributed by atoms with van der Waals surface area (Å²) >= 11 is 2.41. The van der Waals surface area contributed by atoms with Crippen LogP contribution in [0.1, 0.15) is 65.0 Å². The molecule has 6 rings (SSSR count). The van der Waals surface area contributed by atoms with Gasteiger partial charge in [-0.3, -0.25) is 4.98 Å². The molecular formula is C35H39N7O8S2. The maximum absolute atomic E-state index is 13.2. The van der Waals surface area contributed by atoms with Crippen LogP contribution in [0.15, 0.2) is 65.3 Å². The van der Waals surface area contributed by atoms with Crippen molar-refractivity contribution >= 4 is 40.4 Å². The summed E-state index contributed by atoms with van der Waals surface area (Å²) in [7, 11) is 1.58. The van der Waals surface area contributed by atoms with Crippen molar-refractivity contribution in [3.63, 3.8) is 0 Å². The molecule has 0 bridgehead atoms. The first kappa shape index (κ1) is 37.3. The van der Waals surface area contributed by atoms with Gasteiger partial charge < -0.3 is 28.4 Å². The molecule has 2 saturated heterocycles. The van der Waals surface area contributed by atoms with E-state index in [0.29, 0.717) is 17.0 Å². The number of methoxy groups -OCH3 is 1. The average Bonchev–Trinajstić information content (AvgIpc) is 3.77. The van der Waals surface area contributed by atoms with Crippen LogP contribution in [0.4, 0.5) is 14.7 Å². The number of anilines is 1. The fraction of sp³-hybridized carbons (Fsp3) is 0.457. The molecule has 2 aliphatic heterocycles. The van der Waals surface area contributed by atoms with Crippen molar-refractivity contribution in [2.75, 3.05) is 18.6 Å². The summed E-state index contributed by atoms with van der Waals surface area (Å²) in [6, 6.07) is 12.9. The van der Waals surface area contributed by atoms with E-state index in [4.69, 9.17) is 28.4 Å².